The largest absolute Gasteiger partial charge is 0.412 e. The Morgan fingerprint density at radius 1 is 1.60 bits per heavy atom. The normalized spacial score (nSPS) is 3.60. The lowest BCUT2D eigenvalue weighted by molar-refractivity contribution is 0.318. The smallest absolute Gasteiger partial charge is 0.187 e. The minimum absolute atomic E-state index is 0. The Morgan fingerprint density at radius 2 is 1.60 bits per heavy atom. The van der Waals surface area contributed by atoms with Gasteiger partial charge in [-0.05, 0) is 6.92 Å². The molecule has 0 radical (unpaired) electrons. The third-order valence-corrected chi connectivity index (χ3v) is 0. The van der Waals surface area contributed by atoms with Gasteiger partial charge >= 0.3 is 0 Å². The van der Waals surface area contributed by atoms with Crippen LogP contribution in [0.1, 0.15) is 6.92 Å². The highest BCUT2D eigenvalue weighted by molar-refractivity contribution is 5.75. The van der Waals surface area contributed by atoms with Crippen molar-refractivity contribution >= 4 is 17.4 Å². The first kappa shape index (κ1) is 18.0. The molecular weight excluding hydrogens is 83.0 g/mol. The maximum atomic E-state index is 7.57. The first-order valence-electron chi connectivity index (χ1n) is 1.02. The van der Waals surface area contributed by atoms with Crippen LogP contribution in [0.4, 0.5) is 0 Å². The highest BCUT2D eigenvalue weighted by Gasteiger charge is 1.34. The van der Waals surface area contributed by atoms with Gasteiger partial charge in [0.1, 0.15) is 0 Å². The lowest BCUT2D eigenvalue weighted by Crippen LogP contribution is -1.57. The predicted molar refractivity (Wildman–Crippen MR) is 26.3 cm³/mol. The number of aliphatic hydroxyl groups excluding tert-OH is 1. The fourth-order valence-electron chi connectivity index (χ4n) is 0. The molecule has 0 rings (SSSR count). The van der Waals surface area contributed by atoms with Crippen LogP contribution in [0, 0.1) is 0 Å². The molecule has 34 valence electrons. The standard InChI is InChI=1S/C2H6O.Al.H2O.3H/c1-2-3;;;;;/h3H,2H2,1H3;;1H2;;;. The van der Waals surface area contributed by atoms with Crippen LogP contribution in [0.2, 0.25) is 0 Å². The summed E-state index contributed by atoms with van der Waals surface area (Å²) >= 11 is 0. The van der Waals surface area contributed by atoms with Crippen LogP contribution in [0.3, 0.4) is 0 Å². The van der Waals surface area contributed by atoms with E-state index in [1.807, 2.05) is 0 Å². The lowest BCUT2D eigenvalue weighted by atomic mass is 10.9. The third kappa shape index (κ3) is 131. The summed E-state index contributed by atoms with van der Waals surface area (Å²) in [6.45, 7) is 1.93. The van der Waals surface area contributed by atoms with E-state index < -0.39 is 0 Å². The van der Waals surface area contributed by atoms with Gasteiger partial charge in [0.2, 0.25) is 0 Å². The van der Waals surface area contributed by atoms with E-state index in [2.05, 4.69) is 0 Å². The van der Waals surface area contributed by atoms with Crippen molar-refractivity contribution in [2.75, 3.05) is 6.61 Å². The first-order valence-corrected chi connectivity index (χ1v) is 1.02. The maximum Gasteiger partial charge on any atom is 0.187 e. The van der Waals surface area contributed by atoms with Crippen LogP contribution >= 0.6 is 0 Å². The van der Waals surface area contributed by atoms with Crippen molar-refractivity contribution in [1.82, 2.24) is 0 Å². The molecule has 0 atom stereocenters. The maximum absolute atomic E-state index is 7.57. The average molecular weight is 94.1 g/mol. The zero-order chi connectivity index (χ0) is 2.71. The molecule has 0 saturated heterocycles. The van der Waals surface area contributed by atoms with Crippen LogP contribution in [0.5, 0.6) is 0 Å². The molecule has 3 heteroatoms. The van der Waals surface area contributed by atoms with E-state index in [1.54, 1.807) is 6.92 Å². The van der Waals surface area contributed by atoms with Gasteiger partial charge in [-0.25, -0.2) is 0 Å². The Balaban J connectivity index is -0.0000000200. The molecule has 0 aromatic carbocycles. The molecule has 0 aromatic rings. The lowest BCUT2D eigenvalue weighted by Gasteiger charge is -1.52. The first-order chi connectivity index (χ1) is 1.41. The van der Waals surface area contributed by atoms with Gasteiger partial charge in [-0.15, -0.1) is 0 Å². The highest BCUT2D eigenvalue weighted by Crippen LogP contribution is 1.30. The van der Waals surface area contributed by atoms with Gasteiger partial charge in [0.25, 0.3) is 0 Å². The van der Waals surface area contributed by atoms with Crippen LogP contribution in [0.25, 0.3) is 0 Å². The van der Waals surface area contributed by atoms with Gasteiger partial charge in [-0.3, -0.25) is 0 Å². The Hall–Kier alpha value is 0.452. The summed E-state index contributed by atoms with van der Waals surface area (Å²) in [6.07, 6.45) is 0. The van der Waals surface area contributed by atoms with Crippen LogP contribution in [-0.4, -0.2) is 34.6 Å². The van der Waals surface area contributed by atoms with E-state index in [1.165, 1.54) is 0 Å². The van der Waals surface area contributed by atoms with Crippen molar-refractivity contribution in [2.45, 2.75) is 6.92 Å². The molecule has 0 aliphatic heterocycles. The topological polar surface area (TPSA) is 51.7 Å². The second-order valence-corrected chi connectivity index (χ2v) is 0.316. The number of hydrogen-bond donors (Lipinski definition) is 1. The Kier molecular flexibility index (Phi) is 90.4. The van der Waals surface area contributed by atoms with Gasteiger partial charge in [0.05, 0.1) is 0 Å². The molecule has 0 fully saturated rings. The van der Waals surface area contributed by atoms with Crippen molar-refractivity contribution in [1.29, 1.82) is 0 Å². The molecule has 0 aliphatic rings. The zero-order valence-electron chi connectivity index (χ0n) is 2.65. The monoisotopic (exact) mass is 94.1 g/mol. The minimum atomic E-state index is 0. The summed E-state index contributed by atoms with van der Waals surface area (Å²) in [6, 6.07) is 0. The average Bonchev–Trinajstić information content (AvgIpc) is 0.918. The fraction of sp³-hybridized carbons (Fsp3) is 1.00. The zero-order valence-corrected chi connectivity index (χ0v) is 2.65. The summed E-state index contributed by atoms with van der Waals surface area (Å²) in [5, 5.41) is 7.57. The summed E-state index contributed by atoms with van der Waals surface area (Å²) in [5.74, 6) is 0. The SMILES string of the molecule is CCO.O.[AlH3]. The number of hydrogen-bond acceptors (Lipinski definition) is 1. The van der Waals surface area contributed by atoms with Crippen LogP contribution in [-0.2, 0) is 0 Å². The molecule has 3 N–H and O–H groups in total. The quantitative estimate of drug-likeness (QED) is 0.346. The number of aliphatic hydroxyl groups is 1. The van der Waals surface area contributed by atoms with Crippen molar-refractivity contribution in [2.24, 2.45) is 0 Å². The van der Waals surface area contributed by atoms with Gasteiger partial charge in [0.15, 0.2) is 17.4 Å². The van der Waals surface area contributed by atoms with E-state index in [0.717, 1.165) is 0 Å². The molecule has 0 spiro atoms. The second-order valence-electron chi connectivity index (χ2n) is 0.316. The molecule has 0 unspecified atom stereocenters. The molecule has 0 saturated carbocycles. The number of rotatable bonds is 0. The Bertz CT molecular complexity index is 7.61. The third-order valence-electron chi connectivity index (χ3n) is 0. The Morgan fingerprint density at radius 3 is 1.60 bits per heavy atom. The summed E-state index contributed by atoms with van der Waals surface area (Å²) < 4.78 is 0. The van der Waals surface area contributed by atoms with Gasteiger partial charge in [-0.1, -0.05) is 0 Å². The molecule has 2 nitrogen and oxygen atoms in total. The predicted octanol–water partition coefficient (Wildman–Crippen LogP) is -2.01. The van der Waals surface area contributed by atoms with Gasteiger partial charge < -0.3 is 10.6 Å². The van der Waals surface area contributed by atoms with Crippen LogP contribution < -0.4 is 0 Å². The minimum Gasteiger partial charge on any atom is -0.412 e. The van der Waals surface area contributed by atoms with Crippen molar-refractivity contribution in [3.63, 3.8) is 0 Å². The molecule has 0 aromatic heterocycles. The van der Waals surface area contributed by atoms with E-state index in [0.29, 0.717) is 0 Å². The van der Waals surface area contributed by atoms with E-state index >= 15 is 0 Å². The summed E-state index contributed by atoms with van der Waals surface area (Å²) in [5.41, 5.74) is 0. The van der Waals surface area contributed by atoms with Crippen molar-refractivity contribution < 1.29 is 10.6 Å². The summed E-state index contributed by atoms with van der Waals surface area (Å²) in [7, 11) is 0. The van der Waals surface area contributed by atoms with Gasteiger partial charge in [0, 0.05) is 6.61 Å². The fourth-order valence-corrected chi connectivity index (χ4v) is 0. The molecule has 0 aliphatic carbocycles. The van der Waals surface area contributed by atoms with E-state index in [-0.39, 0.29) is 29.4 Å². The molecular formula is C2H11AlO2. The molecule has 0 heterocycles. The molecule has 0 bridgehead atoms. The van der Waals surface area contributed by atoms with Crippen molar-refractivity contribution in [3.05, 3.63) is 0 Å². The Labute approximate surface area is 42.3 Å². The molecule has 0 amide bonds. The molecule has 5 heavy (non-hydrogen) atoms. The van der Waals surface area contributed by atoms with Crippen LogP contribution in [0.15, 0.2) is 0 Å². The van der Waals surface area contributed by atoms with E-state index in [9.17, 15) is 0 Å². The highest BCUT2D eigenvalue weighted by atomic mass is 27.0. The van der Waals surface area contributed by atoms with E-state index in [4.69, 9.17) is 5.11 Å². The van der Waals surface area contributed by atoms with Crippen molar-refractivity contribution in [3.8, 4) is 0 Å². The van der Waals surface area contributed by atoms with Gasteiger partial charge in [-0.2, -0.15) is 0 Å². The second kappa shape index (κ2) is 25.2. The summed E-state index contributed by atoms with van der Waals surface area (Å²) in [4.78, 5) is 0.